The van der Waals surface area contributed by atoms with Crippen molar-refractivity contribution in [2.45, 2.75) is 24.9 Å². The molecule has 1 amide bonds. The van der Waals surface area contributed by atoms with Crippen LogP contribution in [-0.4, -0.2) is 16.1 Å². The number of amides is 1. The van der Waals surface area contributed by atoms with Crippen molar-refractivity contribution in [3.8, 4) is 0 Å². The zero-order valence-corrected chi connectivity index (χ0v) is 15.6. The summed E-state index contributed by atoms with van der Waals surface area (Å²) >= 11 is 3.23. The summed E-state index contributed by atoms with van der Waals surface area (Å²) in [6.45, 7) is 2.03. The summed E-state index contributed by atoms with van der Waals surface area (Å²) in [7, 11) is 0. The maximum Gasteiger partial charge on any atom is 0.230 e. The minimum absolute atomic E-state index is 0.0662. The van der Waals surface area contributed by atoms with E-state index in [-0.39, 0.29) is 5.91 Å². The van der Waals surface area contributed by atoms with Crippen molar-refractivity contribution in [1.82, 2.24) is 10.2 Å². The van der Waals surface area contributed by atoms with Crippen molar-refractivity contribution >= 4 is 34.1 Å². The SMILES string of the molecule is Cc1ccc(CC(=O)Nc2nnc(CSCc3ccccc3)s2)cc1. The lowest BCUT2D eigenvalue weighted by atomic mass is 10.1. The molecule has 1 aromatic heterocycles. The first-order valence-electron chi connectivity index (χ1n) is 7.98. The molecule has 1 N–H and O–H groups in total. The monoisotopic (exact) mass is 369 g/mol. The second kappa shape index (κ2) is 8.78. The van der Waals surface area contributed by atoms with E-state index in [9.17, 15) is 4.79 Å². The van der Waals surface area contributed by atoms with Gasteiger partial charge in [0.15, 0.2) is 0 Å². The number of hydrogen-bond donors (Lipinski definition) is 1. The number of anilines is 1. The summed E-state index contributed by atoms with van der Waals surface area (Å²) < 4.78 is 0. The van der Waals surface area contributed by atoms with Crippen LogP contribution in [0.25, 0.3) is 0 Å². The summed E-state index contributed by atoms with van der Waals surface area (Å²) in [6, 6.07) is 18.3. The van der Waals surface area contributed by atoms with Gasteiger partial charge in [-0.1, -0.05) is 71.5 Å². The summed E-state index contributed by atoms with van der Waals surface area (Å²) in [6.07, 6.45) is 0.345. The Balaban J connectivity index is 1.46. The third-order valence-electron chi connectivity index (χ3n) is 3.54. The van der Waals surface area contributed by atoms with Crippen molar-refractivity contribution in [1.29, 1.82) is 0 Å². The molecule has 0 fully saturated rings. The van der Waals surface area contributed by atoms with Crippen LogP contribution >= 0.6 is 23.1 Å². The summed E-state index contributed by atoms with van der Waals surface area (Å²) in [4.78, 5) is 12.1. The van der Waals surface area contributed by atoms with Gasteiger partial charge in [-0.05, 0) is 18.1 Å². The van der Waals surface area contributed by atoms with Crippen LogP contribution < -0.4 is 5.32 Å². The van der Waals surface area contributed by atoms with E-state index < -0.39 is 0 Å². The second-order valence-corrected chi connectivity index (χ2v) is 7.74. The molecule has 4 nitrogen and oxygen atoms in total. The molecule has 3 rings (SSSR count). The average molecular weight is 370 g/mol. The van der Waals surface area contributed by atoms with Crippen molar-refractivity contribution < 1.29 is 4.79 Å². The molecule has 128 valence electrons. The Kier molecular flexibility index (Phi) is 6.19. The first-order valence-corrected chi connectivity index (χ1v) is 9.95. The van der Waals surface area contributed by atoms with Crippen LogP contribution in [0, 0.1) is 6.92 Å². The molecule has 0 bridgehead atoms. The number of hydrogen-bond acceptors (Lipinski definition) is 5. The summed E-state index contributed by atoms with van der Waals surface area (Å²) in [5.74, 6) is 1.67. The first-order chi connectivity index (χ1) is 12.2. The number of aromatic nitrogens is 2. The third-order valence-corrected chi connectivity index (χ3v) is 5.57. The van der Waals surface area contributed by atoms with E-state index in [1.807, 2.05) is 49.4 Å². The molecule has 0 atom stereocenters. The maximum absolute atomic E-state index is 12.1. The number of carbonyl (C=O) groups is 1. The van der Waals surface area contributed by atoms with Gasteiger partial charge < -0.3 is 5.32 Å². The van der Waals surface area contributed by atoms with Crippen molar-refractivity contribution in [3.63, 3.8) is 0 Å². The Morgan fingerprint density at radius 3 is 2.52 bits per heavy atom. The van der Waals surface area contributed by atoms with Gasteiger partial charge in [-0.15, -0.1) is 22.0 Å². The number of thioether (sulfide) groups is 1. The Hall–Kier alpha value is -2.18. The number of rotatable bonds is 7. The van der Waals surface area contributed by atoms with Gasteiger partial charge in [0.05, 0.1) is 6.42 Å². The molecule has 25 heavy (non-hydrogen) atoms. The van der Waals surface area contributed by atoms with Crippen LogP contribution in [0.1, 0.15) is 21.7 Å². The van der Waals surface area contributed by atoms with E-state index in [2.05, 4.69) is 27.6 Å². The highest BCUT2D eigenvalue weighted by Crippen LogP contribution is 2.22. The van der Waals surface area contributed by atoms with Gasteiger partial charge in [0.1, 0.15) is 5.01 Å². The zero-order chi connectivity index (χ0) is 17.5. The Bertz CT molecular complexity index is 816. The number of carbonyl (C=O) groups excluding carboxylic acids is 1. The Morgan fingerprint density at radius 1 is 1.00 bits per heavy atom. The first kappa shape index (κ1) is 17.6. The normalized spacial score (nSPS) is 10.6. The fourth-order valence-corrected chi connectivity index (χ4v) is 4.05. The molecule has 2 aromatic carbocycles. The Labute approximate surface area is 155 Å². The number of nitrogens with zero attached hydrogens (tertiary/aromatic N) is 2. The van der Waals surface area contributed by atoms with Crippen molar-refractivity contribution in [2.75, 3.05) is 5.32 Å². The van der Waals surface area contributed by atoms with Crippen molar-refractivity contribution in [2.24, 2.45) is 0 Å². The molecule has 0 spiro atoms. The second-order valence-electron chi connectivity index (χ2n) is 5.69. The van der Waals surface area contributed by atoms with Gasteiger partial charge in [-0.3, -0.25) is 4.79 Å². The molecule has 0 saturated carbocycles. The van der Waals surface area contributed by atoms with E-state index in [0.717, 1.165) is 22.1 Å². The highest BCUT2D eigenvalue weighted by molar-refractivity contribution is 7.97. The molecule has 0 saturated heterocycles. The molecule has 0 aliphatic rings. The predicted octanol–water partition coefficient (Wildman–Crippen LogP) is 4.46. The Morgan fingerprint density at radius 2 is 1.76 bits per heavy atom. The molecule has 0 unspecified atom stereocenters. The minimum atomic E-state index is -0.0662. The van der Waals surface area contributed by atoms with E-state index in [1.165, 1.54) is 22.5 Å². The number of benzene rings is 2. The largest absolute Gasteiger partial charge is 0.300 e. The van der Waals surface area contributed by atoms with Crippen LogP contribution in [0.5, 0.6) is 0 Å². The fraction of sp³-hybridized carbons (Fsp3) is 0.211. The summed E-state index contributed by atoms with van der Waals surface area (Å²) in [5.41, 5.74) is 3.47. The van der Waals surface area contributed by atoms with Crippen LogP contribution in [0.3, 0.4) is 0 Å². The lowest BCUT2D eigenvalue weighted by Crippen LogP contribution is -2.14. The lowest BCUT2D eigenvalue weighted by Gasteiger charge is -2.02. The predicted molar refractivity (Wildman–Crippen MR) is 105 cm³/mol. The lowest BCUT2D eigenvalue weighted by molar-refractivity contribution is -0.115. The molecule has 1 heterocycles. The van der Waals surface area contributed by atoms with E-state index in [1.54, 1.807) is 11.8 Å². The van der Waals surface area contributed by atoms with Gasteiger partial charge >= 0.3 is 0 Å². The van der Waals surface area contributed by atoms with E-state index in [0.29, 0.717) is 11.6 Å². The van der Waals surface area contributed by atoms with Crippen LogP contribution in [0.15, 0.2) is 54.6 Å². The van der Waals surface area contributed by atoms with E-state index in [4.69, 9.17) is 0 Å². The molecule has 6 heteroatoms. The van der Waals surface area contributed by atoms with Gasteiger partial charge in [0.25, 0.3) is 0 Å². The fourth-order valence-electron chi connectivity index (χ4n) is 2.25. The van der Waals surface area contributed by atoms with Crippen LogP contribution in [0.2, 0.25) is 0 Å². The zero-order valence-electron chi connectivity index (χ0n) is 13.9. The number of aryl methyl sites for hydroxylation is 1. The molecule has 0 aliphatic heterocycles. The van der Waals surface area contributed by atoms with Crippen LogP contribution in [-0.2, 0) is 22.7 Å². The third kappa shape index (κ3) is 5.69. The molecule has 0 radical (unpaired) electrons. The van der Waals surface area contributed by atoms with Gasteiger partial charge in [-0.2, -0.15) is 0 Å². The smallest absolute Gasteiger partial charge is 0.230 e. The molecule has 0 aliphatic carbocycles. The number of nitrogens with one attached hydrogen (secondary N) is 1. The minimum Gasteiger partial charge on any atom is -0.300 e. The van der Waals surface area contributed by atoms with Gasteiger partial charge in [-0.25, -0.2) is 0 Å². The highest BCUT2D eigenvalue weighted by atomic mass is 32.2. The van der Waals surface area contributed by atoms with Crippen molar-refractivity contribution in [3.05, 3.63) is 76.3 Å². The quantitative estimate of drug-likeness (QED) is 0.668. The summed E-state index contributed by atoms with van der Waals surface area (Å²) in [5, 5.41) is 12.5. The molecular formula is C19H19N3OS2. The highest BCUT2D eigenvalue weighted by Gasteiger charge is 2.09. The van der Waals surface area contributed by atoms with Gasteiger partial charge in [0.2, 0.25) is 11.0 Å². The topological polar surface area (TPSA) is 54.9 Å². The van der Waals surface area contributed by atoms with Crippen LogP contribution in [0.4, 0.5) is 5.13 Å². The standard InChI is InChI=1S/C19H19N3OS2/c1-14-7-9-15(10-8-14)11-17(23)20-19-22-21-18(25-19)13-24-12-16-5-3-2-4-6-16/h2-10H,11-13H2,1H3,(H,20,22,23). The maximum atomic E-state index is 12.1. The molecular weight excluding hydrogens is 350 g/mol. The molecule has 3 aromatic rings. The van der Waals surface area contributed by atoms with E-state index >= 15 is 0 Å². The van der Waals surface area contributed by atoms with Gasteiger partial charge in [0, 0.05) is 11.5 Å². The average Bonchev–Trinajstić information content (AvgIpc) is 3.05.